The summed E-state index contributed by atoms with van der Waals surface area (Å²) in [6, 6.07) is 4.00. The summed E-state index contributed by atoms with van der Waals surface area (Å²) >= 11 is 0. The maximum absolute atomic E-state index is 8.30. The summed E-state index contributed by atoms with van der Waals surface area (Å²) in [4.78, 5) is 2.92. The third kappa shape index (κ3) is 2.10. The molecule has 11 heavy (non-hydrogen) atoms. The van der Waals surface area contributed by atoms with Crippen LogP contribution >= 0.6 is 0 Å². The van der Waals surface area contributed by atoms with Gasteiger partial charge in [-0.1, -0.05) is 0 Å². The minimum atomic E-state index is 0.000833. The summed E-state index contributed by atoms with van der Waals surface area (Å²) in [7, 11) is 0. The van der Waals surface area contributed by atoms with Crippen LogP contribution in [0.25, 0.3) is 0 Å². The zero-order valence-corrected chi connectivity index (χ0v) is 6.25. The van der Waals surface area contributed by atoms with Crippen molar-refractivity contribution in [3.05, 3.63) is 24.0 Å². The van der Waals surface area contributed by atoms with Gasteiger partial charge in [-0.2, -0.15) is 5.26 Å². The largest absolute Gasteiger partial charge is 0.367 e. The van der Waals surface area contributed by atoms with Crippen LogP contribution in [0.2, 0.25) is 0 Å². The van der Waals surface area contributed by atoms with Gasteiger partial charge in [0.2, 0.25) is 0 Å². The molecule has 1 unspecified atom stereocenters. The summed E-state index contributed by atoms with van der Waals surface area (Å²) in [6.45, 7) is 0. The van der Waals surface area contributed by atoms with E-state index in [-0.39, 0.29) is 6.04 Å². The van der Waals surface area contributed by atoms with Crippen molar-refractivity contribution in [2.75, 3.05) is 0 Å². The van der Waals surface area contributed by atoms with E-state index in [1.807, 2.05) is 18.5 Å². The Labute approximate surface area is 65.8 Å². The van der Waals surface area contributed by atoms with Crippen molar-refractivity contribution in [3.63, 3.8) is 0 Å². The van der Waals surface area contributed by atoms with Gasteiger partial charge >= 0.3 is 0 Å². The van der Waals surface area contributed by atoms with Crippen LogP contribution in [0, 0.1) is 11.3 Å². The van der Waals surface area contributed by atoms with Crippen molar-refractivity contribution >= 4 is 0 Å². The highest BCUT2D eigenvalue weighted by Crippen LogP contribution is 2.13. The number of hydrogen-bond acceptors (Lipinski definition) is 2. The van der Waals surface area contributed by atoms with Crippen molar-refractivity contribution in [1.29, 1.82) is 5.26 Å². The molecule has 0 aliphatic heterocycles. The molecule has 3 nitrogen and oxygen atoms in total. The van der Waals surface area contributed by atoms with Crippen LogP contribution in [0.5, 0.6) is 0 Å². The quantitative estimate of drug-likeness (QED) is 0.680. The second-order valence-electron chi connectivity index (χ2n) is 2.45. The molecule has 1 aromatic heterocycles. The fourth-order valence-electron chi connectivity index (χ4n) is 0.954. The molecule has 58 valence electrons. The normalized spacial score (nSPS) is 12.4. The lowest BCUT2D eigenvalue weighted by atomic mass is 10.1. The van der Waals surface area contributed by atoms with Crippen LogP contribution in [0.1, 0.15) is 24.4 Å². The van der Waals surface area contributed by atoms with E-state index >= 15 is 0 Å². The van der Waals surface area contributed by atoms with E-state index in [1.54, 1.807) is 0 Å². The molecule has 0 aromatic carbocycles. The predicted octanol–water partition coefficient (Wildman–Crippen LogP) is 1.32. The van der Waals surface area contributed by atoms with Gasteiger partial charge in [-0.05, 0) is 18.1 Å². The molecule has 1 rings (SSSR count). The second kappa shape index (κ2) is 3.79. The molecule has 1 heterocycles. The number of nitrogens with two attached hydrogens (primary N) is 1. The average molecular weight is 149 g/mol. The minimum Gasteiger partial charge on any atom is -0.367 e. The SMILES string of the molecule is N#CCCC(N)c1cc[nH]c1. The fraction of sp³-hybridized carbons (Fsp3) is 0.375. The molecule has 1 atom stereocenters. The lowest BCUT2D eigenvalue weighted by Gasteiger charge is -2.05. The van der Waals surface area contributed by atoms with E-state index in [4.69, 9.17) is 11.0 Å². The molecular weight excluding hydrogens is 138 g/mol. The Morgan fingerprint density at radius 1 is 1.73 bits per heavy atom. The van der Waals surface area contributed by atoms with Crippen molar-refractivity contribution in [1.82, 2.24) is 4.98 Å². The lowest BCUT2D eigenvalue weighted by Crippen LogP contribution is -2.08. The number of aromatic nitrogens is 1. The summed E-state index contributed by atoms with van der Waals surface area (Å²) in [5.41, 5.74) is 6.82. The first kappa shape index (κ1) is 7.83. The van der Waals surface area contributed by atoms with Crippen LogP contribution in [0.4, 0.5) is 0 Å². The van der Waals surface area contributed by atoms with E-state index in [1.165, 1.54) is 0 Å². The van der Waals surface area contributed by atoms with Gasteiger partial charge in [0, 0.05) is 24.9 Å². The number of nitriles is 1. The van der Waals surface area contributed by atoms with E-state index in [9.17, 15) is 0 Å². The summed E-state index contributed by atoms with van der Waals surface area (Å²) < 4.78 is 0. The topological polar surface area (TPSA) is 65.6 Å². The number of H-pyrrole nitrogens is 1. The van der Waals surface area contributed by atoms with Gasteiger partial charge in [0.1, 0.15) is 0 Å². The molecule has 3 N–H and O–H groups in total. The van der Waals surface area contributed by atoms with Crippen molar-refractivity contribution < 1.29 is 0 Å². The van der Waals surface area contributed by atoms with Crippen LogP contribution in [0.15, 0.2) is 18.5 Å². The van der Waals surface area contributed by atoms with Crippen LogP contribution < -0.4 is 5.73 Å². The molecule has 3 heteroatoms. The summed E-state index contributed by atoms with van der Waals surface area (Å²) in [5.74, 6) is 0. The first-order valence-corrected chi connectivity index (χ1v) is 3.60. The molecular formula is C8H11N3. The number of nitrogens with zero attached hydrogens (tertiary/aromatic N) is 1. The Morgan fingerprint density at radius 3 is 3.09 bits per heavy atom. The Bertz CT molecular complexity index is 232. The van der Waals surface area contributed by atoms with Gasteiger partial charge in [0.15, 0.2) is 0 Å². The molecule has 0 fully saturated rings. The van der Waals surface area contributed by atoms with Gasteiger partial charge in [0.25, 0.3) is 0 Å². The highest BCUT2D eigenvalue weighted by molar-refractivity contribution is 5.13. The zero-order chi connectivity index (χ0) is 8.10. The molecule has 0 aliphatic carbocycles. The molecule has 0 amide bonds. The molecule has 0 saturated heterocycles. The Kier molecular flexibility index (Phi) is 2.70. The Morgan fingerprint density at radius 2 is 2.55 bits per heavy atom. The minimum absolute atomic E-state index is 0.000833. The summed E-state index contributed by atoms with van der Waals surface area (Å²) in [5, 5.41) is 8.30. The molecule has 0 bridgehead atoms. The van der Waals surface area contributed by atoms with Crippen molar-refractivity contribution in [2.45, 2.75) is 18.9 Å². The maximum Gasteiger partial charge on any atom is 0.0622 e. The highest BCUT2D eigenvalue weighted by Gasteiger charge is 2.04. The van der Waals surface area contributed by atoms with Crippen LogP contribution in [0.3, 0.4) is 0 Å². The summed E-state index contributed by atoms with van der Waals surface area (Å²) in [6.07, 6.45) is 4.95. The molecule has 0 saturated carbocycles. The van der Waals surface area contributed by atoms with Gasteiger partial charge in [0.05, 0.1) is 6.07 Å². The monoisotopic (exact) mass is 149 g/mol. The van der Waals surface area contributed by atoms with Gasteiger partial charge in [-0.3, -0.25) is 0 Å². The van der Waals surface area contributed by atoms with E-state index in [0.29, 0.717) is 6.42 Å². The van der Waals surface area contributed by atoms with Crippen molar-refractivity contribution in [3.8, 4) is 6.07 Å². The number of rotatable bonds is 3. The van der Waals surface area contributed by atoms with Gasteiger partial charge < -0.3 is 10.7 Å². The number of hydrogen-bond donors (Lipinski definition) is 2. The second-order valence-corrected chi connectivity index (χ2v) is 2.45. The highest BCUT2D eigenvalue weighted by atomic mass is 14.7. The van der Waals surface area contributed by atoms with Crippen LogP contribution in [-0.2, 0) is 0 Å². The average Bonchev–Trinajstić information content (AvgIpc) is 2.52. The Hall–Kier alpha value is -1.27. The predicted molar refractivity (Wildman–Crippen MR) is 42.6 cm³/mol. The third-order valence-electron chi connectivity index (χ3n) is 1.62. The fourth-order valence-corrected chi connectivity index (χ4v) is 0.954. The zero-order valence-electron chi connectivity index (χ0n) is 6.25. The van der Waals surface area contributed by atoms with Crippen molar-refractivity contribution in [2.24, 2.45) is 5.73 Å². The van der Waals surface area contributed by atoms with E-state index in [0.717, 1.165) is 12.0 Å². The maximum atomic E-state index is 8.30. The molecule has 0 spiro atoms. The van der Waals surface area contributed by atoms with E-state index in [2.05, 4.69) is 11.1 Å². The molecule has 0 radical (unpaired) electrons. The lowest BCUT2D eigenvalue weighted by molar-refractivity contribution is 0.666. The van der Waals surface area contributed by atoms with Gasteiger partial charge in [-0.25, -0.2) is 0 Å². The van der Waals surface area contributed by atoms with Gasteiger partial charge in [-0.15, -0.1) is 0 Å². The third-order valence-corrected chi connectivity index (χ3v) is 1.62. The van der Waals surface area contributed by atoms with E-state index < -0.39 is 0 Å². The molecule has 1 aromatic rings. The number of aromatic amines is 1. The van der Waals surface area contributed by atoms with Crippen LogP contribution in [-0.4, -0.2) is 4.98 Å². The smallest absolute Gasteiger partial charge is 0.0622 e. The molecule has 0 aliphatic rings. The number of nitrogens with one attached hydrogen (secondary N) is 1. The first-order chi connectivity index (χ1) is 5.34. The Balaban J connectivity index is 2.44. The standard InChI is InChI=1S/C8H11N3/c9-4-1-2-8(10)7-3-5-11-6-7/h3,5-6,8,11H,1-2,10H2. The first-order valence-electron chi connectivity index (χ1n) is 3.60.